The molecule has 3 aromatic carbocycles. The molecule has 0 saturated heterocycles. The molecule has 17 heteroatoms. The van der Waals surface area contributed by atoms with Crippen molar-refractivity contribution in [2.24, 2.45) is 27.2 Å². The highest BCUT2D eigenvalue weighted by atomic mass is 16.6. The van der Waals surface area contributed by atoms with Crippen LogP contribution in [-0.2, 0) is 35.1 Å². The molecule has 11 N–H and O–H groups in total. The molecule has 64 heavy (non-hydrogen) atoms. The van der Waals surface area contributed by atoms with Crippen LogP contribution in [0.2, 0.25) is 0 Å². The van der Waals surface area contributed by atoms with Crippen LogP contribution in [0, 0.1) is 0 Å². The fraction of sp³-hybridized carbons (Fsp3) is 0.340. The lowest BCUT2D eigenvalue weighted by Gasteiger charge is -2.26. The van der Waals surface area contributed by atoms with Gasteiger partial charge in [0.15, 0.2) is 5.96 Å². The third kappa shape index (κ3) is 12.8. The molecule has 17 nitrogen and oxygen atoms in total. The van der Waals surface area contributed by atoms with Gasteiger partial charge in [-0.05, 0) is 80.3 Å². The zero-order valence-electron chi connectivity index (χ0n) is 36.2. The number of carbonyl (C=O) groups excluding carboxylic acids is 5. The number of H-pyrrole nitrogens is 1. The Morgan fingerprint density at radius 1 is 0.766 bits per heavy atom. The van der Waals surface area contributed by atoms with Crippen LogP contribution in [-0.4, -0.2) is 89.9 Å². The molecule has 1 heterocycles. The summed E-state index contributed by atoms with van der Waals surface area (Å²) in [5, 5.41) is 24.7. The summed E-state index contributed by atoms with van der Waals surface area (Å²) in [6, 6.07) is 17.3. The SMILES string of the molecule is C/C=C/C[C@H](NC(=O)[C@H](CCCN=C(N)N)NC(=O)[C@H](Cc1c[nH]c2ccccc12)NC(=O)[C@H](C)NC(=O)[C@@H](C/C=C/C)N=C([O-])OCC1c2ccccc2-c2ccccc21)C(N)=O. The van der Waals surface area contributed by atoms with Gasteiger partial charge in [-0.15, -0.1) is 0 Å². The molecule has 0 unspecified atom stereocenters. The maximum Gasteiger partial charge on any atom is 0.245 e. The third-order valence-corrected chi connectivity index (χ3v) is 10.8. The van der Waals surface area contributed by atoms with Crippen molar-refractivity contribution < 1.29 is 33.8 Å². The Morgan fingerprint density at radius 3 is 2.02 bits per heavy atom. The van der Waals surface area contributed by atoms with E-state index in [-0.39, 0.29) is 57.1 Å². The fourth-order valence-corrected chi connectivity index (χ4v) is 7.48. The number of benzene rings is 3. The van der Waals surface area contributed by atoms with Gasteiger partial charge in [0.25, 0.3) is 0 Å². The van der Waals surface area contributed by atoms with E-state index in [1.54, 1.807) is 44.3 Å². The van der Waals surface area contributed by atoms with Gasteiger partial charge < -0.3 is 53.3 Å². The molecular weight excluding hydrogens is 817 g/mol. The number of nitrogens with zero attached hydrogens (tertiary/aromatic N) is 2. The Morgan fingerprint density at radius 2 is 1.36 bits per heavy atom. The number of ether oxygens (including phenoxy) is 1. The molecule has 1 aliphatic carbocycles. The number of nitrogens with one attached hydrogen (secondary N) is 5. The monoisotopic (exact) mass is 873 g/mol. The smallest absolute Gasteiger partial charge is 0.245 e. The molecule has 0 spiro atoms. The average Bonchev–Trinajstić information content (AvgIpc) is 3.84. The summed E-state index contributed by atoms with van der Waals surface area (Å²) in [5.41, 5.74) is 22.2. The maximum absolute atomic E-state index is 14.2. The van der Waals surface area contributed by atoms with Gasteiger partial charge in [-0.25, -0.2) is 0 Å². The minimum Gasteiger partial charge on any atom is -0.599 e. The lowest BCUT2D eigenvalue weighted by Crippen LogP contribution is -2.58. The van der Waals surface area contributed by atoms with E-state index in [0.717, 1.165) is 33.2 Å². The number of rotatable bonds is 22. The van der Waals surface area contributed by atoms with Gasteiger partial charge in [0.2, 0.25) is 29.5 Å². The van der Waals surface area contributed by atoms with E-state index in [0.29, 0.717) is 5.56 Å². The number of allylic oxidation sites excluding steroid dienone is 2. The van der Waals surface area contributed by atoms with Crippen LogP contribution in [0.5, 0.6) is 0 Å². The fourth-order valence-electron chi connectivity index (χ4n) is 7.48. The summed E-state index contributed by atoms with van der Waals surface area (Å²) >= 11 is 0. The first-order chi connectivity index (χ1) is 30.8. The van der Waals surface area contributed by atoms with E-state index >= 15 is 0 Å². The number of aliphatic imine (C=N–C) groups is 2. The lowest BCUT2D eigenvalue weighted by atomic mass is 9.98. The number of fused-ring (bicyclic) bond motifs is 4. The average molecular weight is 874 g/mol. The molecule has 4 aromatic rings. The highest BCUT2D eigenvalue weighted by Crippen LogP contribution is 2.44. The number of hydrogen-bond donors (Lipinski definition) is 8. The minimum atomic E-state index is -1.27. The van der Waals surface area contributed by atoms with Gasteiger partial charge >= 0.3 is 0 Å². The van der Waals surface area contributed by atoms with Gasteiger partial charge in [0, 0.05) is 42.6 Å². The van der Waals surface area contributed by atoms with Crippen LogP contribution in [0.1, 0.15) is 69.1 Å². The van der Waals surface area contributed by atoms with Crippen molar-refractivity contribution in [2.75, 3.05) is 13.2 Å². The molecule has 0 aliphatic heterocycles. The normalized spacial score (nSPS) is 14.8. The molecule has 5 amide bonds. The van der Waals surface area contributed by atoms with E-state index in [2.05, 4.69) is 36.2 Å². The van der Waals surface area contributed by atoms with Crippen LogP contribution in [0.25, 0.3) is 22.0 Å². The number of primary amides is 1. The van der Waals surface area contributed by atoms with E-state index in [9.17, 15) is 29.1 Å². The van der Waals surface area contributed by atoms with Crippen LogP contribution in [0.3, 0.4) is 0 Å². The van der Waals surface area contributed by atoms with Crippen molar-refractivity contribution >= 4 is 52.5 Å². The number of aromatic amines is 1. The van der Waals surface area contributed by atoms with Crippen molar-refractivity contribution in [1.82, 2.24) is 26.3 Å². The summed E-state index contributed by atoms with van der Waals surface area (Å²) in [4.78, 5) is 78.9. The Bertz CT molecular complexity index is 2360. The van der Waals surface area contributed by atoms with Gasteiger partial charge in [-0.2, -0.15) is 0 Å². The predicted octanol–water partition coefficient (Wildman–Crippen LogP) is 2.05. The topological polar surface area (TPSA) is 284 Å². The molecule has 338 valence electrons. The van der Waals surface area contributed by atoms with E-state index in [4.69, 9.17) is 21.9 Å². The molecule has 5 atom stereocenters. The number of nitrogens with two attached hydrogens (primary N) is 3. The van der Waals surface area contributed by atoms with E-state index in [1.807, 2.05) is 72.8 Å². The summed E-state index contributed by atoms with van der Waals surface area (Å²) < 4.78 is 5.64. The molecule has 0 fully saturated rings. The minimum absolute atomic E-state index is 0.00766. The van der Waals surface area contributed by atoms with E-state index in [1.165, 1.54) is 6.92 Å². The third-order valence-electron chi connectivity index (χ3n) is 10.8. The van der Waals surface area contributed by atoms with Crippen LogP contribution < -0.4 is 43.6 Å². The van der Waals surface area contributed by atoms with Crippen molar-refractivity contribution in [3.63, 3.8) is 0 Å². The van der Waals surface area contributed by atoms with Crippen molar-refractivity contribution in [3.05, 3.63) is 120 Å². The van der Waals surface area contributed by atoms with Gasteiger partial charge in [0.05, 0.1) is 0 Å². The number of hydrogen-bond acceptors (Lipinski definition) is 9. The Balaban J connectivity index is 1.31. The van der Waals surface area contributed by atoms with Crippen LogP contribution >= 0.6 is 0 Å². The zero-order chi connectivity index (χ0) is 46.2. The predicted molar refractivity (Wildman–Crippen MR) is 244 cm³/mol. The van der Waals surface area contributed by atoms with Crippen molar-refractivity contribution in [3.8, 4) is 11.1 Å². The Hall–Kier alpha value is -7.43. The molecule has 0 saturated carbocycles. The Kier molecular flexibility index (Phi) is 17.2. The molecule has 1 aromatic heterocycles. The zero-order valence-corrected chi connectivity index (χ0v) is 36.2. The number of carbonyl (C=O) groups is 5. The largest absolute Gasteiger partial charge is 0.599 e. The second kappa shape index (κ2) is 23.1. The highest BCUT2D eigenvalue weighted by Gasteiger charge is 2.32. The second-order valence-corrected chi connectivity index (χ2v) is 15.4. The first-order valence-corrected chi connectivity index (χ1v) is 21.2. The standard InChI is InChI=1S/C47H58N10O7/c1-4-6-20-37(41(48)58)54-44(61)38(23-14-24-51-46(49)50)55-45(62)40(25-29-26-52-36-22-13-12-15-30(29)36)56-42(59)28(3)53-43(60)39(21-7-5-2)57-47(63)64-27-35-33-18-10-8-16-31(33)32-17-9-11-19-34(32)35/h4-13,15-19,22,26,28,35,37-40,52H,14,20-21,23-25,27H2,1-3H3,(H2,48,58)(H,53,60)(H,54,61)(H,55,62)(H,56,59)(H,57,63)(H4,49,50,51)/p-1/b6-4+,7-5+/t28-,37-,38-,39+,40-/m0/s1. The summed E-state index contributed by atoms with van der Waals surface area (Å²) in [6.45, 7) is 5.10. The van der Waals surface area contributed by atoms with Crippen molar-refractivity contribution in [2.45, 2.75) is 89.0 Å². The van der Waals surface area contributed by atoms with Gasteiger partial charge in [-0.1, -0.05) is 91.0 Å². The number of amides is 5. The second-order valence-electron chi connectivity index (χ2n) is 15.4. The first-order valence-electron chi connectivity index (χ1n) is 21.2. The number of para-hydroxylation sites is 1. The first kappa shape index (κ1) is 47.6. The summed E-state index contributed by atoms with van der Waals surface area (Å²) in [5.74, 6) is -3.98. The maximum atomic E-state index is 14.2. The van der Waals surface area contributed by atoms with Crippen molar-refractivity contribution in [1.29, 1.82) is 0 Å². The molecule has 0 bridgehead atoms. The highest BCUT2D eigenvalue weighted by molar-refractivity contribution is 5.96. The summed E-state index contributed by atoms with van der Waals surface area (Å²) in [6.07, 6.45) is 8.04. The Labute approximate surface area is 372 Å². The number of guanidine groups is 1. The van der Waals surface area contributed by atoms with Gasteiger partial charge in [0.1, 0.15) is 36.3 Å². The molecule has 0 radical (unpaired) electrons. The molecule has 1 aliphatic rings. The number of aromatic nitrogens is 1. The quantitative estimate of drug-likeness (QED) is 0.0248. The molecule has 5 rings (SSSR count). The summed E-state index contributed by atoms with van der Waals surface area (Å²) in [7, 11) is 0. The van der Waals surface area contributed by atoms with Crippen LogP contribution in [0.15, 0.2) is 113 Å². The molecular formula is C47H57N10O7-. The van der Waals surface area contributed by atoms with E-state index < -0.39 is 65.8 Å². The van der Waals surface area contributed by atoms with Gasteiger partial charge in [-0.3, -0.25) is 34.0 Å². The lowest BCUT2D eigenvalue weighted by molar-refractivity contribution is -0.251. The van der Waals surface area contributed by atoms with Crippen LogP contribution in [0.4, 0.5) is 0 Å².